The summed E-state index contributed by atoms with van der Waals surface area (Å²) >= 11 is 0. The van der Waals surface area contributed by atoms with Gasteiger partial charge in [-0.05, 0) is 6.42 Å². The van der Waals surface area contributed by atoms with Crippen LogP contribution < -0.4 is 0 Å². The lowest BCUT2D eigenvalue weighted by Gasteiger charge is -2.09. The molecule has 4 heteroatoms. The highest BCUT2D eigenvalue weighted by Crippen LogP contribution is 2.16. The van der Waals surface area contributed by atoms with E-state index in [0.717, 1.165) is 19.3 Å². The molecule has 0 aliphatic heterocycles. The molecule has 4 nitrogen and oxygen atoms in total. The smallest absolute Gasteiger partial charge is 0.320 e. The molecule has 0 amide bonds. The van der Waals surface area contributed by atoms with Gasteiger partial charge in [-0.25, -0.2) is 0 Å². The predicted octanol–water partition coefficient (Wildman–Crippen LogP) is 6.12. The van der Waals surface area contributed by atoms with Crippen molar-refractivity contribution < 1.29 is 19.4 Å². The summed E-state index contributed by atoms with van der Waals surface area (Å²) < 4.78 is 4.53. The second-order valence-corrected chi connectivity index (χ2v) is 7.15. The van der Waals surface area contributed by atoms with E-state index in [9.17, 15) is 9.59 Å². The molecule has 0 radical (unpaired) electrons. The average Bonchev–Trinajstić information content (AvgIpc) is 2.60. The van der Waals surface area contributed by atoms with Gasteiger partial charge in [0.2, 0.25) is 0 Å². The molecule has 0 aromatic carbocycles. The maximum absolute atomic E-state index is 11.3. The fraction of sp³-hybridized carbons (Fsp3) is 0.905. The van der Waals surface area contributed by atoms with Crippen molar-refractivity contribution in [2.24, 2.45) is 5.92 Å². The van der Waals surface area contributed by atoms with Crippen molar-refractivity contribution in [1.82, 2.24) is 0 Å². The quantitative estimate of drug-likeness (QED) is 0.182. The number of carbonyl (C=O) groups excluding carboxylic acids is 1. The van der Waals surface area contributed by atoms with Gasteiger partial charge in [0.05, 0.1) is 7.11 Å². The SMILES string of the molecule is CCCCCCCCCCCCCCCCCC(C(=O)O)C(=O)OC. The van der Waals surface area contributed by atoms with Gasteiger partial charge >= 0.3 is 11.9 Å². The van der Waals surface area contributed by atoms with Crippen LogP contribution in [0.4, 0.5) is 0 Å². The van der Waals surface area contributed by atoms with Gasteiger partial charge in [-0.1, -0.05) is 103 Å². The van der Waals surface area contributed by atoms with Crippen molar-refractivity contribution in [2.45, 2.75) is 110 Å². The number of aliphatic carboxylic acids is 1. The highest BCUT2D eigenvalue weighted by molar-refractivity contribution is 5.93. The van der Waals surface area contributed by atoms with Crippen LogP contribution >= 0.6 is 0 Å². The number of carbonyl (C=O) groups is 2. The molecule has 0 aliphatic carbocycles. The fourth-order valence-electron chi connectivity index (χ4n) is 3.20. The fourth-order valence-corrected chi connectivity index (χ4v) is 3.20. The Morgan fingerprint density at radius 2 is 1.08 bits per heavy atom. The lowest BCUT2D eigenvalue weighted by atomic mass is 10.00. The number of hydrogen-bond acceptors (Lipinski definition) is 3. The summed E-state index contributed by atoms with van der Waals surface area (Å²) in [5.41, 5.74) is 0. The van der Waals surface area contributed by atoms with Gasteiger partial charge in [0.1, 0.15) is 0 Å². The van der Waals surface area contributed by atoms with Gasteiger partial charge in [-0.15, -0.1) is 0 Å². The number of methoxy groups -OCH3 is 1. The molecule has 1 N–H and O–H groups in total. The molecule has 25 heavy (non-hydrogen) atoms. The van der Waals surface area contributed by atoms with E-state index in [1.165, 1.54) is 84.2 Å². The van der Waals surface area contributed by atoms with E-state index in [2.05, 4.69) is 11.7 Å². The number of esters is 1. The third-order valence-corrected chi connectivity index (χ3v) is 4.88. The minimum Gasteiger partial charge on any atom is -0.481 e. The first-order valence-corrected chi connectivity index (χ1v) is 10.4. The average molecular weight is 357 g/mol. The van der Waals surface area contributed by atoms with E-state index >= 15 is 0 Å². The standard InChI is InChI=1S/C21H40O4/c1-3-4-5-6-7-8-9-10-11-12-13-14-15-16-17-18-19(20(22)23)21(24)25-2/h19H,3-18H2,1-2H3,(H,22,23). The highest BCUT2D eigenvalue weighted by atomic mass is 16.5. The molecular formula is C21H40O4. The highest BCUT2D eigenvalue weighted by Gasteiger charge is 2.26. The summed E-state index contributed by atoms with van der Waals surface area (Å²) in [7, 11) is 1.24. The van der Waals surface area contributed by atoms with Crippen LogP contribution in [0.1, 0.15) is 110 Å². The minimum atomic E-state index is -1.07. The molecule has 0 saturated carbocycles. The zero-order chi connectivity index (χ0) is 18.8. The molecule has 0 fully saturated rings. The third kappa shape index (κ3) is 14.9. The van der Waals surface area contributed by atoms with Crippen LogP contribution in [0.25, 0.3) is 0 Å². The number of carboxylic acid groups (broad SMARTS) is 1. The molecule has 0 heterocycles. The molecule has 0 rings (SSSR count). The molecular weight excluding hydrogens is 316 g/mol. The third-order valence-electron chi connectivity index (χ3n) is 4.88. The van der Waals surface area contributed by atoms with Crippen LogP contribution in [0.15, 0.2) is 0 Å². The molecule has 148 valence electrons. The monoisotopic (exact) mass is 356 g/mol. The van der Waals surface area contributed by atoms with Gasteiger partial charge in [-0.2, -0.15) is 0 Å². The Bertz CT molecular complexity index is 328. The number of carboxylic acids is 1. The van der Waals surface area contributed by atoms with E-state index in [-0.39, 0.29) is 0 Å². The van der Waals surface area contributed by atoms with Gasteiger partial charge in [-0.3, -0.25) is 9.59 Å². The Hall–Kier alpha value is -1.06. The maximum atomic E-state index is 11.3. The van der Waals surface area contributed by atoms with E-state index in [1.807, 2.05) is 0 Å². The van der Waals surface area contributed by atoms with E-state index in [0.29, 0.717) is 6.42 Å². The summed E-state index contributed by atoms with van der Waals surface area (Å²) in [4.78, 5) is 22.3. The number of hydrogen-bond donors (Lipinski definition) is 1. The largest absolute Gasteiger partial charge is 0.481 e. The lowest BCUT2D eigenvalue weighted by molar-refractivity contribution is -0.157. The Morgan fingerprint density at radius 1 is 0.720 bits per heavy atom. The molecule has 1 unspecified atom stereocenters. The summed E-state index contributed by atoms with van der Waals surface area (Å²) in [5.74, 6) is -2.69. The first kappa shape index (κ1) is 23.9. The molecule has 0 aromatic rings. The topological polar surface area (TPSA) is 63.6 Å². The molecule has 0 aliphatic rings. The second-order valence-electron chi connectivity index (χ2n) is 7.15. The molecule has 0 spiro atoms. The van der Waals surface area contributed by atoms with Crippen LogP contribution in [0.2, 0.25) is 0 Å². The summed E-state index contributed by atoms with van der Waals surface area (Å²) in [6.07, 6.45) is 19.5. The van der Waals surface area contributed by atoms with E-state index < -0.39 is 17.9 Å². The second kappa shape index (κ2) is 17.8. The number of ether oxygens (including phenoxy) is 1. The Labute approximate surface area is 154 Å². The zero-order valence-corrected chi connectivity index (χ0v) is 16.6. The molecule has 1 atom stereocenters. The van der Waals surface area contributed by atoms with E-state index in [4.69, 9.17) is 5.11 Å². The normalized spacial score (nSPS) is 12.1. The lowest BCUT2D eigenvalue weighted by Crippen LogP contribution is -2.24. The van der Waals surface area contributed by atoms with Gasteiger partial charge in [0.25, 0.3) is 0 Å². The van der Waals surface area contributed by atoms with Crippen molar-refractivity contribution >= 4 is 11.9 Å². The Morgan fingerprint density at radius 3 is 1.40 bits per heavy atom. The summed E-state index contributed by atoms with van der Waals surface area (Å²) in [6, 6.07) is 0. The van der Waals surface area contributed by atoms with Crippen LogP contribution in [-0.2, 0) is 14.3 Å². The van der Waals surface area contributed by atoms with Crippen molar-refractivity contribution in [3.63, 3.8) is 0 Å². The van der Waals surface area contributed by atoms with Crippen LogP contribution in [-0.4, -0.2) is 24.2 Å². The summed E-state index contributed by atoms with van der Waals surface area (Å²) in [6.45, 7) is 2.26. The van der Waals surface area contributed by atoms with Crippen molar-refractivity contribution in [3.8, 4) is 0 Å². The summed E-state index contributed by atoms with van der Waals surface area (Å²) in [5, 5.41) is 8.99. The van der Waals surface area contributed by atoms with Crippen LogP contribution in [0.5, 0.6) is 0 Å². The Balaban J connectivity index is 3.31. The zero-order valence-electron chi connectivity index (χ0n) is 16.6. The molecule has 0 saturated heterocycles. The first-order valence-electron chi connectivity index (χ1n) is 10.4. The molecule has 0 aromatic heterocycles. The van der Waals surface area contributed by atoms with Gasteiger partial charge in [0.15, 0.2) is 5.92 Å². The van der Waals surface area contributed by atoms with Crippen molar-refractivity contribution in [3.05, 3.63) is 0 Å². The predicted molar refractivity (Wildman–Crippen MR) is 103 cm³/mol. The van der Waals surface area contributed by atoms with Crippen molar-refractivity contribution in [2.75, 3.05) is 7.11 Å². The van der Waals surface area contributed by atoms with E-state index in [1.54, 1.807) is 0 Å². The number of unbranched alkanes of at least 4 members (excludes halogenated alkanes) is 14. The minimum absolute atomic E-state index is 0.389. The number of rotatable bonds is 18. The maximum Gasteiger partial charge on any atom is 0.320 e. The van der Waals surface area contributed by atoms with Crippen molar-refractivity contribution in [1.29, 1.82) is 0 Å². The van der Waals surface area contributed by atoms with Gasteiger partial charge in [0, 0.05) is 0 Å². The first-order chi connectivity index (χ1) is 12.1. The van der Waals surface area contributed by atoms with Gasteiger partial charge < -0.3 is 9.84 Å². The van der Waals surface area contributed by atoms with Crippen LogP contribution in [0, 0.1) is 5.92 Å². The van der Waals surface area contributed by atoms with Crippen LogP contribution in [0.3, 0.4) is 0 Å². The Kier molecular flexibility index (Phi) is 17.0. The molecule has 0 bridgehead atoms.